The van der Waals surface area contributed by atoms with Gasteiger partial charge in [-0.15, -0.1) is 0 Å². The van der Waals surface area contributed by atoms with Crippen molar-refractivity contribution in [3.63, 3.8) is 0 Å². The molecule has 7 heteroatoms. The van der Waals surface area contributed by atoms with Gasteiger partial charge >= 0.3 is 5.97 Å². The Labute approximate surface area is 158 Å². The van der Waals surface area contributed by atoms with Crippen LogP contribution in [0.15, 0.2) is 35.6 Å². The number of methoxy groups -OCH3 is 1. The molecule has 1 aromatic carbocycles. The summed E-state index contributed by atoms with van der Waals surface area (Å²) in [5.41, 5.74) is 0.652. The van der Waals surface area contributed by atoms with E-state index in [1.165, 1.54) is 18.9 Å². The van der Waals surface area contributed by atoms with Crippen LogP contribution in [0.2, 0.25) is 0 Å². The van der Waals surface area contributed by atoms with E-state index in [2.05, 4.69) is 0 Å². The summed E-state index contributed by atoms with van der Waals surface area (Å²) < 4.78 is 10.2. The zero-order chi connectivity index (χ0) is 20.1. The summed E-state index contributed by atoms with van der Waals surface area (Å²) >= 11 is 0. The van der Waals surface area contributed by atoms with Crippen LogP contribution in [0, 0.1) is 5.92 Å². The largest absolute Gasteiger partial charge is 0.503 e. The smallest absolute Gasteiger partial charge is 0.308 e. The van der Waals surface area contributed by atoms with Crippen molar-refractivity contribution in [3.05, 3.63) is 41.2 Å². The number of nitrogens with zero attached hydrogens (tertiary/aromatic N) is 1. The van der Waals surface area contributed by atoms with Crippen molar-refractivity contribution in [1.29, 1.82) is 0 Å². The molecule has 0 fully saturated rings. The molecule has 2 rings (SSSR count). The minimum Gasteiger partial charge on any atom is -0.503 e. The third-order valence-electron chi connectivity index (χ3n) is 4.17. The van der Waals surface area contributed by atoms with Crippen LogP contribution in [-0.4, -0.2) is 47.9 Å². The van der Waals surface area contributed by atoms with Crippen LogP contribution in [0.1, 0.15) is 38.8 Å². The van der Waals surface area contributed by atoms with Gasteiger partial charge in [-0.3, -0.25) is 14.4 Å². The number of hydrogen-bond donors (Lipinski definition) is 1. The van der Waals surface area contributed by atoms with Crippen LogP contribution in [0.25, 0.3) is 0 Å². The van der Waals surface area contributed by atoms with Crippen LogP contribution in [0.3, 0.4) is 0 Å². The highest BCUT2D eigenvalue weighted by Gasteiger charge is 2.43. The van der Waals surface area contributed by atoms with Crippen LogP contribution in [0.5, 0.6) is 5.75 Å². The molecular formula is C20H25NO6. The monoisotopic (exact) mass is 375 g/mol. The highest BCUT2D eigenvalue weighted by atomic mass is 16.5. The van der Waals surface area contributed by atoms with Gasteiger partial charge in [0.15, 0.2) is 11.5 Å². The molecule has 146 valence electrons. The Bertz CT molecular complexity index is 767. The lowest BCUT2D eigenvalue weighted by Crippen LogP contribution is -2.34. The molecule has 0 saturated heterocycles. The van der Waals surface area contributed by atoms with E-state index in [0.717, 1.165) is 0 Å². The summed E-state index contributed by atoms with van der Waals surface area (Å²) in [5.74, 6) is -1.50. The molecule has 27 heavy (non-hydrogen) atoms. The summed E-state index contributed by atoms with van der Waals surface area (Å²) in [4.78, 5) is 38.0. The predicted molar refractivity (Wildman–Crippen MR) is 98.2 cm³/mol. The highest BCUT2D eigenvalue weighted by molar-refractivity contribution is 6.09. The van der Waals surface area contributed by atoms with Crippen LogP contribution >= 0.6 is 0 Å². The van der Waals surface area contributed by atoms with E-state index >= 15 is 0 Å². The van der Waals surface area contributed by atoms with Gasteiger partial charge in [-0.2, -0.15) is 0 Å². The van der Waals surface area contributed by atoms with Crippen molar-refractivity contribution >= 4 is 17.7 Å². The lowest BCUT2D eigenvalue weighted by atomic mass is 9.92. The van der Waals surface area contributed by atoms with E-state index in [-0.39, 0.29) is 36.8 Å². The fourth-order valence-electron chi connectivity index (χ4n) is 3.10. The molecule has 0 aliphatic carbocycles. The zero-order valence-corrected chi connectivity index (χ0v) is 16.0. The number of aliphatic hydroxyl groups is 1. The standard InChI is InChI=1S/C20H25NO6/c1-12(2)10-16(23)17-18(21(8-9-26-4)20(25)19(17)24)14-6-5-7-15(11-14)27-13(3)22/h5-7,11-12,18,24H,8-10H2,1-4H3. The molecular weight excluding hydrogens is 350 g/mol. The molecule has 0 bridgehead atoms. The highest BCUT2D eigenvalue weighted by Crippen LogP contribution is 2.39. The van der Waals surface area contributed by atoms with Crippen LogP contribution in [0.4, 0.5) is 0 Å². The normalized spacial score (nSPS) is 17.0. The van der Waals surface area contributed by atoms with E-state index in [9.17, 15) is 19.5 Å². The Kier molecular flexibility index (Phi) is 6.74. The first-order valence-electron chi connectivity index (χ1n) is 8.80. The maximum absolute atomic E-state index is 12.8. The molecule has 7 nitrogen and oxygen atoms in total. The number of esters is 1. The number of aliphatic hydroxyl groups excluding tert-OH is 1. The van der Waals surface area contributed by atoms with Crippen molar-refractivity contribution in [2.75, 3.05) is 20.3 Å². The molecule has 1 aromatic rings. The van der Waals surface area contributed by atoms with Crippen LogP contribution in [-0.2, 0) is 19.1 Å². The summed E-state index contributed by atoms with van der Waals surface area (Å²) in [7, 11) is 1.51. The fraction of sp³-hybridized carbons (Fsp3) is 0.450. The van der Waals surface area contributed by atoms with Gasteiger partial charge in [0.1, 0.15) is 5.75 Å². The van der Waals surface area contributed by atoms with Gasteiger partial charge in [0.25, 0.3) is 5.91 Å². The third kappa shape index (κ3) is 4.74. The Balaban J connectivity index is 2.49. The molecule has 1 N–H and O–H groups in total. The lowest BCUT2D eigenvalue weighted by molar-refractivity contribution is -0.132. The first kappa shape index (κ1) is 20.6. The number of amides is 1. The topological polar surface area (TPSA) is 93.1 Å². The molecule has 1 unspecified atom stereocenters. The second-order valence-corrected chi connectivity index (χ2v) is 6.84. The molecule has 1 amide bonds. The number of rotatable bonds is 8. The average Bonchev–Trinajstić information content (AvgIpc) is 2.83. The zero-order valence-electron chi connectivity index (χ0n) is 16.0. The van der Waals surface area contributed by atoms with Gasteiger partial charge in [-0.05, 0) is 23.6 Å². The summed E-state index contributed by atoms with van der Waals surface area (Å²) in [5, 5.41) is 10.4. The van der Waals surface area contributed by atoms with E-state index in [1.54, 1.807) is 24.3 Å². The van der Waals surface area contributed by atoms with Crippen LogP contribution < -0.4 is 4.74 Å². The molecule has 1 aliphatic heterocycles. The maximum Gasteiger partial charge on any atom is 0.308 e. The van der Waals surface area contributed by atoms with Gasteiger partial charge in [0.05, 0.1) is 18.2 Å². The Morgan fingerprint density at radius 2 is 2.00 bits per heavy atom. The van der Waals surface area contributed by atoms with Crippen molar-refractivity contribution in [1.82, 2.24) is 4.90 Å². The molecule has 1 atom stereocenters. The first-order chi connectivity index (χ1) is 12.8. The van der Waals surface area contributed by atoms with Gasteiger partial charge in [0.2, 0.25) is 0 Å². The molecule has 0 saturated carbocycles. The number of ether oxygens (including phenoxy) is 2. The summed E-state index contributed by atoms with van der Waals surface area (Å²) in [6.07, 6.45) is 0.213. The predicted octanol–water partition coefficient (Wildman–Crippen LogP) is 2.57. The van der Waals surface area contributed by atoms with E-state index in [0.29, 0.717) is 11.3 Å². The van der Waals surface area contributed by atoms with Crippen molar-refractivity contribution in [2.24, 2.45) is 5.92 Å². The first-order valence-corrected chi connectivity index (χ1v) is 8.80. The number of hydrogen-bond acceptors (Lipinski definition) is 6. The number of carbonyl (C=O) groups excluding carboxylic acids is 3. The quantitative estimate of drug-likeness (QED) is 0.554. The van der Waals surface area contributed by atoms with E-state index in [4.69, 9.17) is 9.47 Å². The lowest BCUT2D eigenvalue weighted by Gasteiger charge is -2.27. The second-order valence-electron chi connectivity index (χ2n) is 6.84. The minimum absolute atomic E-state index is 0.0739. The second kappa shape index (κ2) is 8.81. The summed E-state index contributed by atoms with van der Waals surface area (Å²) in [6.45, 7) is 5.54. The van der Waals surface area contributed by atoms with Gasteiger partial charge in [0, 0.05) is 27.0 Å². The molecule has 1 aliphatic rings. The number of benzene rings is 1. The third-order valence-corrected chi connectivity index (χ3v) is 4.17. The Morgan fingerprint density at radius 1 is 1.30 bits per heavy atom. The molecule has 0 aromatic heterocycles. The number of carbonyl (C=O) groups is 3. The van der Waals surface area contributed by atoms with Crippen molar-refractivity contribution < 1.29 is 29.0 Å². The number of Topliss-reactive ketones (excluding diaryl/α,β-unsaturated/α-hetero) is 1. The Hall–Kier alpha value is -2.67. The van der Waals surface area contributed by atoms with Crippen molar-refractivity contribution in [2.45, 2.75) is 33.2 Å². The average molecular weight is 375 g/mol. The van der Waals surface area contributed by atoms with Gasteiger partial charge < -0.3 is 19.5 Å². The van der Waals surface area contributed by atoms with Crippen molar-refractivity contribution in [3.8, 4) is 5.75 Å². The minimum atomic E-state index is -0.755. The Morgan fingerprint density at radius 3 is 2.59 bits per heavy atom. The molecule has 0 radical (unpaired) electrons. The van der Waals surface area contributed by atoms with Gasteiger partial charge in [-0.25, -0.2) is 0 Å². The van der Waals surface area contributed by atoms with Gasteiger partial charge in [-0.1, -0.05) is 26.0 Å². The maximum atomic E-state index is 12.8. The van der Waals surface area contributed by atoms with E-state index in [1.807, 2.05) is 13.8 Å². The SMILES string of the molecule is COCCN1C(=O)C(O)=C(C(=O)CC(C)C)C1c1cccc(OC(C)=O)c1. The van der Waals surface area contributed by atoms with E-state index < -0.39 is 23.7 Å². The summed E-state index contributed by atoms with van der Waals surface area (Å²) in [6, 6.07) is 5.86. The number of ketones is 1. The fourth-order valence-corrected chi connectivity index (χ4v) is 3.10. The molecule has 1 heterocycles. The molecule has 0 spiro atoms.